The summed E-state index contributed by atoms with van der Waals surface area (Å²) in [6.07, 6.45) is 7.54. The number of rotatable bonds is 0. The Morgan fingerprint density at radius 1 is 1.09 bits per heavy atom. The first-order valence-electron chi connectivity index (χ1n) is 5.07. The molecule has 3 aliphatic carbocycles. The summed E-state index contributed by atoms with van der Waals surface area (Å²) in [5.74, 6) is 3.23. The number of hydrogen-bond donors (Lipinski definition) is 0. The number of hydrogen-bond acceptors (Lipinski definition) is 0. The van der Waals surface area contributed by atoms with E-state index >= 15 is 0 Å². The van der Waals surface area contributed by atoms with Gasteiger partial charge in [-0.2, -0.15) is 0 Å². The van der Waals surface area contributed by atoms with Gasteiger partial charge >= 0.3 is 0 Å². The van der Waals surface area contributed by atoms with Crippen LogP contribution >= 0.6 is 0 Å². The molecule has 2 saturated carbocycles. The Balaban J connectivity index is 1.93. The summed E-state index contributed by atoms with van der Waals surface area (Å²) in [6.45, 7) is 2.39. The smallest absolute Gasteiger partial charge is 0.0129 e. The van der Waals surface area contributed by atoms with Gasteiger partial charge in [0.1, 0.15) is 0 Å². The fourth-order valence-electron chi connectivity index (χ4n) is 3.46. The summed E-state index contributed by atoms with van der Waals surface area (Å²) in [5.41, 5.74) is 3.67. The Hall–Kier alpha value is -0.260. The molecule has 3 rings (SSSR count). The third-order valence-corrected chi connectivity index (χ3v) is 4.13. The maximum atomic E-state index is 2.39. The van der Waals surface area contributed by atoms with Crippen LogP contribution in [-0.4, -0.2) is 0 Å². The van der Waals surface area contributed by atoms with Crippen LogP contribution < -0.4 is 0 Å². The molecule has 2 fully saturated rings. The van der Waals surface area contributed by atoms with Crippen LogP contribution in [0.5, 0.6) is 0 Å². The SMILES string of the molecule is CC1=C2CC2C2CCCC[C@H]12. The zero-order chi connectivity index (χ0) is 7.42. The minimum absolute atomic E-state index is 1.04. The second kappa shape index (κ2) is 1.91. The van der Waals surface area contributed by atoms with Crippen LogP contribution in [-0.2, 0) is 0 Å². The van der Waals surface area contributed by atoms with Crippen molar-refractivity contribution in [2.75, 3.05) is 0 Å². The lowest BCUT2D eigenvalue weighted by Crippen LogP contribution is -2.18. The zero-order valence-electron chi connectivity index (χ0n) is 7.27. The van der Waals surface area contributed by atoms with Crippen molar-refractivity contribution in [3.63, 3.8) is 0 Å². The third-order valence-electron chi connectivity index (χ3n) is 4.13. The molecule has 0 amide bonds. The Morgan fingerprint density at radius 3 is 2.73 bits per heavy atom. The van der Waals surface area contributed by atoms with Gasteiger partial charge < -0.3 is 0 Å². The van der Waals surface area contributed by atoms with Crippen molar-refractivity contribution in [2.45, 2.75) is 39.0 Å². The Kier molecular flexibility index (Phi) is 1.09. The molecule has 3 aliphatic rings. The lowest BCUT2D eigenvalue weighted by Gasteiger charge is -2.28. The maximum Gasteiger partial charge on any atom is -0.0129 e. The maximum absolute atomic E-state index is 2.39. The zero-order valence-corrected chi connectivity index (χ0v) is 7.27. The molecule has 0 N–H and O–H groups in total. The Morgan fingerprint density at radius 2 is 1.91 bits per heavy atom. The molecule has 0 bridgehead atoms. The van der Waals surface area contributed by atoms with Crippen LogP contribution in [0.25, 0.3) is 0 Å². The highest BCUT2D eigenvalue weighted by Gasteiger charge is 2.49. The monoisotopic (exact) mass is 148 g/mol. The first-order valence-corrected chi connectivity index (χ1v) is 5.07. The lowest BCUT2D eigenvalue weighted by atomic mass is 9.76. The summed E-state index contributed by atoms with van der Waals surface area (Å²) in [7, 11) is 0. The standard InChI is InChI=1S/C11H16/c1-7-8-4-2-3-5-9(8)11-6-10(7)11/h8-9,11H,2-6H2,1H3/t8-,9?,11?/m1/s1. The molecule has 0 aliphatic heterocycles. The normalized spacial score (nSPS) is 47.2. The van der Waals surface area contributed by atoms with Crippen molar-refractivity contribution in [1.29, 1.82) is 0 Å². The van der Waals surface area contributed by atoms with Crippen molar-refractivity contribution in [2.24, 2.45) is 17.8 Å². The molecule has 0 heterocycles. The van der Waals surface area contributed by atoms with E-state index in [0.29, 0.717) is 0 Å². The molecular formula is C11H16. The van der Waals surface area contributed by atoms with Gasteiger partial charge in [0.2, 0.25) is 0 Å². The van der Waals surface area contributed by atoms with E-state index in [1.54, 1.807) is 5.57 Å². The Labute approximate surface area is 68.7 Å². The predicted molar refractivity (Wildman–Crippen MR) is 46.3 cm³/mol. The second-order valence-electron chi connectivity index (χ2n) is 4.57. The lowest BCUT2D eigenvalue weighted by molar-refractivity contribution is 0.262. The summed E-state index contributed by atoms with van der Waals surface area (Å²) >= 11 is 0. The van der Waals surface area contributed by atoms with Crippen LogP contribution in [0.2, 0.25) is 0 Å². The van der Waals surface area contributed by atoms with Gasteiger partial charge in [0.05, 0.1) is 0 Å². The van der Waals surface area contributed by atoms with Gasteiger partial charge in [-0.1, -0.05) is 24.0 Å². The van der Waals surface area contributed by atoms with E-state index in [4.69, 9.17) is 0 Å². The third kappa shape index (κ3) is 0.706. The minimum atomic E-state index is 1.04. The molecule has 60 valence electrons. The second-order valence-corrected chi connectivity index (χ2v) is 4.57. The fourth-order valence-corrected chi connectivity index (χ4v) is 3.46. The molecule has 0 aromatic carbocycles. The average molecular weight is 148 g/mol. The Bertz CT molecular complexity index is 224. The molecule has 0 heteroatoms. The first kappa shape index (κ1) is 6.28. The first-order chi connectivity index (χ1) is 5.38. The molecular weight excluding hydrogens is 132 g/mol. The summed E-state index contributed by atoms with van der Waals surface area (Å²) in [4.78, 5) is 0. The van der Waals surface area contributed by atoms with Crippen LogP contribution in [0.15, 0.2) is 11.1 Å². The van der Waals surface area contributed by atoms with Gasteiger partial charge in [0.15, 0.2) is 0 Å². The van der Waals surface area contributed by atoms with Gasteiger partial charge in [0.25, 0.3) is 0 Å². The van der Waals surface area contributed by atoms with Gasteiger partial charge in [-0.15, -0.1) is 0 Å². The molecule has 0 aromatic heterocycles. The average Bonchev–Trinajstić information content (AvgIpc) is 2.78. The van der Waals surface area contributed by atoms with Gasteiger partial charge in [-0.3, -0.25) is 0 Å². The highest BCUT2D eigenvalue weighted by Crippen LogP contribution is 2.60. The van der Waals surface area contributed by atoms with E-state index in [9.17, 15) is 0 Å². The largest absolute Gasteiger partial charge is 0.0704 e. The van der Waals surface area contributed by atoms with Crippen molar-refractivity contribution < 1.29 is 0 Å². The molecule has 11 heavy (non-hydrogen) atoms. The molecule has 0 nitrogen and oxygen atoms in total. The topological polar surface area (TPSA) is 0 Å². The fraction of sp³-hybridized carbons (Fsp3) is 0.818. The van der Waals surface area contributed by atoms with Gasteiger partial charge in [-0.25, -0.2) is 0 Å². The highest BCUT2D eigenvalue weighted by atomic mass is 14.5. The van der Waals surface area contributed by atoms with E-state index in [0.717, 1.165) is 17.8 Å². The van der Waals surface area contributed by atoms with Crippen molar-refractivity contribution in [1.82, 2.24) is 0 Å². The van der Waals surface area contributed by atoms with Crippen molar-refractivity contribution in [3.8, 4) is 0 Å². The van der Waals surface area contributed by atoms with Crippen LogP contribution in [0.1, 0.15) is 39.0 Å². The van der Waals surface area contributed by atoms with Crippen LogP contribution in [0, 0.1) is 17.8 Å². The highest BCUT2D eigenvalue weighted by molar-refractivity contribution is 5.38. The molecule has 3 atom stereocenters. The van der Waals surface area contributed by atoms with Crippen molar-refractivity contribution >= 4 is 0 Å². The summed E-state index contributed by atoms with van der Waals surface area (Å²) < 4.78 is 0. The molecule has 0 spiro atoms. The molecule has 0 radical (unpaired) electrons. The van der Waals surface area contributed by atoms with E-state index in [2.05, 4.69) is 6.92 Å². The van der Waals surface area contributed by atoms with Gasteiger partial charge in [0, 0.05) is 0 Å². The number of fused-ring (bicyclic) bond motifs is 3. The quantitative estimate of drug-likeness (QED) is 0.463. The van der Waals surface area contributed by atoms with Gasteiger partial charge in [-0.05, 0) is 43.9 Å². The summed E-state index contributed by atoms with van der Waals surface area (Å²) in [6, 6.07) is 0. The predicted octanol–water partition coefficient (Wildman–Crippen LogP) is 3.14. The molecule has 0 saturated heterocycles. The van der Waals surface area contributed by atoms with Crippen LogP contribution in [0.3, 0.4) is 0 Å². The minimum Gasteiger partial charge on any atom is -0.0704 e. The molecule has 0 aromatic rings. The van der Waals surface area contributed by atoms with E-state index < -0.39 is 0 Å². The van der Waals surface area contributed by atoms with E-state index in [1.807, 2.05) is 5.57 Å². The van der Waals surface area contributed by atoms with Crippen LogP contribution in [0.4, 0.5) is 0 Å². The van der Waals surface area contributed by atoms with Crippen molar-refractivity contribution in [3.05, 3.63) is 11.1 Å². The summed E-state index contributed by atoms with van der Waals surface area (Å²) in [5, 5.41) is 0. The van der Waals surface area contributed by atoms with E-state index in [1.165, 1.54) is 32.1 Å². The van der Waals surface area contributed by atoms with E-state index in [-0.39, 0.29) is 0 Å². The molecule has 2 unspecified atom stereocenters. The number of allylic oxidation sites excluding steroid dienone is 2.